The maximum atomic E-state index is 12.4. The van der Waals surface area contributed by atoms with Crippen molar-refractivity contribution in [1.29, 1.82) is 0 Å². The Balaban J connectivity index is 2.29. The molecule has 4 nitrogen and oxygen atoms in total. The van der Waals surface area contributed by atoms with Gasteiger partial charge in [-0.15, -0.1) is 0 Å². The van der Waals surface area contributed by atoms with Gasteiger partial charge in [0.2, 0.25) is 0 Å². The van der Waals surface area contributed by atoms with Crippen molar-refractivity contribution in [2.45, 2.75) is 32.0 Å². The number of halogens is 3. The van der Waals surface area contributed by atoms with Crippen LogP contribution < -0.4 is 11.1 Å². The molecule has 2 aromatic rings. The van der Waals surface area contributed by atoms with Gasteiger partial charge in [-0.2, -0.15) is 13.2 Å². The number of rotatable bonds is 5. The lowest BCUT2D eigenvalue weighted by molar-refractivity contribution is -0.136. The van der Waals surface area contributed by atoms with E-state index in [9.17, 15) is 18.0 Å². The van der Waals surface area contributed by atoms with Crippen LogP contribution in [0.4, 0.5) is 13.2 Å². The lowest BCUT2D eigenvalue weighted by Crippen LogP contribution is -2.23. The van der Waals surface area contributed by atoms with Crippen molar-refractivity contribution < 1.29 is 17.6 Å². The molecule has 1 N–H and O–H groups in total. The fraction of sp³-hybridized carbons (Fsp3) is 0.500. The van der Waals surface area contributed by atoms with Gasteiger partial charge in [0.15, 0.2) is 5.58 Å². The van der Waals surface area contributed by atoms with Crippen molar-refractivity contribution in [2.75, 3.05) is 6.54 Å². The number of fused-ring (bicyclic) bond motifs is 1. The molecule has 2 rings (SSSR count). The van der Waals surface area contributed by atoms with E-state index in [0.717, 1.165) is 0 Å². The van der Waals surface area contributed by atoms with Crippen molar-refractivity contribution in [3.63, 3.8) is 0 Å². The Bertz CT molecular complexity index is 673. The number of aryl methyl sites for hydroxylation is 1. The van der Waals surface area contributed by atoms with Gasteiger partial charge in [-0.1, -0.05) is 13.0 Å². The third-order valence-electron chi connectivity index (χ3n) is 3.39. The minimum atomic E-state index is -4.18. The maximum absolute atomic E-state index is 12.4. The molecule has 0 aliphatic carbocycles. The van der Waals surface area contributed by atoms with Crippen LogP contribution in [0.3, 0.4) is 0 Å². The number of benzene rings is 1. The fourth-order valence-electron chi connectivity index (χ4n) is 2.31. The lowest BCUT2D eigenvalue weighted by atomic mass is 10.0. The molecule has 0 aliphatic heterocycles. The van der Waals surface area contributed by atoms with Crippen LogP contribution in [0.25, 0.3) is 11.1 Å². The first-order valence-electron chi connectivity index (χ1n) is 6.71. The minimum absolute atomic E-state index is 0.0556. The van der Waals surface area contributed by atoms with Gasteiger partial charge in [-0.05, 0) is 30.7 Å². The zero-order chi connectivity index (χ0) is 15.6. The van der Waals surface area contributed by atoms with Gasteiger partial charge >= 0.3 is 11.9 Å². The molecule has 0 spiro atoms. The van der Waals surface area contributed by atoms with E-state index in [0.29, 0.717) is 23.2 Å². The van der Waals surface area contributed by atoms with E-state index in [1.54, 1.807) is 25.2 Å². The summed E-state index contributed by atoms with van der Waals surface area (Å²) >= 11 is 0. The average Bonchev–Trinajstić information content (AvgIpc) is 2.68. The molecule has 1 unspecified atom stereocenters. The quantitative estimate of drug-likeness (QED) is 0.923. The van der Waals surface area contributed by atoms with Gasteiger partial charge in [0, 0.05) is 19.5 Å². The lowest BCUT2D eigenvalue weighted by Gasteiger charge is -2.19. The average molecular weight is 302 g/mol. The Kier molecular flexibility index (Phi) is 4.41. The van der Waals surface area contributed by atoms with E-state index in [1.807, 2.05) is 6.92 Å². The Morgan fingerprint density at radius 3 is 2.71 bits per heavy atom. The second-order valence-corrected chi connectivity index (χ2v) is 4.92. The standard InChI is InChI=1S/C14H17F3N2O2/c1-3-18-10(6-7-14(15,16)17)9-4-5-11-12(8-9)21-13(20)19(11)2/h4-5,8,10,18H,3,6-7H2,1-2H3. The van der Waals surface area contributed by atoms with Gasteiger partial charge in [0.25, 0.3) is 0 Å². The highest BCUT2D eigenvalue weighted by molar-refractivity contribution is 5.73. The molecular formula is C14H17F3N2O2. The molecule has 0 saturated heterocycles. The molecule has 0 aliphatic rings. The number of hydrogen-bond donors (Lipinski definition) is 1. The minimum Gasteiger partial charge on any atom is -0.408 e. The predicted octanol–water partition coefficient (Wildman–Crippen LogP) is 3.12. The van der Waals surface area contributed by atoms with Crippen LogP contribution in [-0.4, -0.2) is 17.3 Å². The molecule has 1 atom stereocenters. The van der Waals surface area contributed by atoms with Crippen molar-refractivity contribution in [3.05, 3.63) is 34.3 Å². The molecule has 0 amide bonds. The number of oxazole rings is 1. The largest absolute Gasteiger partial charge is 0.419 e. The zero-order valence-corrected chi connectivity index (χ0v) is 11.8. The van der Waals surface area contributed by atoms with Gasteiger partial charge in [0.05, 0.1) is 5.52 Å². The Hall–Kier alpha value is -1.76. The van der Waals surface area contributed by atoms with E-state index in [-0.39, 0.29) is 6.42 Å². The number of hydrogen-bond acceptors (Lipinski definition) is 3. The summed E-state index contributed by atoms with van der Waals surface area (Å²) in [6.07, 6.45) is -5.10. The summed E-state index contributed by atoms with van der Waals surface area (Å²) in [6, 6.07) is 4.61. The van der Waals surface area contributed by atoms with Crippen LogP contribution in [0, 0.1) is 0 Å². The normalized spacial score (nSPS) is 13.8. The molecule has 1 aromatic carbocycles. The van der Waals surface area contributed by atoms with E-state index in [4.69, 9.17) is 4.42 Å². The Labute approximate surface area is 119 Å². The Morgan fingerprint density at radius 1 is 1.38 bits per heavy atom. The highest BCUT2D eigenvalue weighted by Gasteiger charge is 2.28. The first kappa shape index (κ1) is 15.6. The van der Waals surface area contributed by atoms with E-state index >= 15 is 0 Å². The van der Waals surface area contributed by atoms with Gasteiger partial charge < -0.3 is 9.73 Å². The summed E-state index contributed by atoms with van der Waals surface area (Å²) in [6.45, 7) is 2.39. The van der Waals surface area contributed by atoms with Gasteiger partial charge in [-0.25, -0.2) is 4.79 Å². The van der Waals surface area contributed by atoms with Gasteiger partial charge in [0.1, 0.15) is 0 Å². The molecule has 0 fully saturated rings. The van der Waals surface area contributed by atoms with E-state index < -0.39 is 24.4 Å². The van der Waals surface area contributed by atoms with Crippen LogP contribution in [0.2, 0.25) is 0 Å². The van der Waals surface area contributed by atoms with E-state index in [1.165, 1.54) is 4.57 Å². The van der Waals surface area contributed by atoms with Crippen molar-refractivity contribution in [3.8, 4) is 0 Å². The van der Waals surface area contributed by atoms with Crippen LogP contribution in [-0.2, 0) is 7.05 Å². The molecule has 0 radical (unpaired) electrons. The zero-order valence-electron chi connectivity index (χ0n) is 11.8. The summed E-state index contributed by atoms with van der Waals surface area (Å²) in [7, 11) is 1.58. The van der Waals surface area contributed by atoms with Crippen molar-refractivity contribution in [1.82, 2.24) is 9.88 Å². The second-order valence-electron chi connectivity index (χ2n) is 4.92. The SMILES string of the molecule is CCNC(CCC(F)(F)F)c1ccc2c(c1)oc(=O)n2C. The highest BCUT2D eigenvalue weighted by Crippen LogP contribution is 2.28. The fourth-order valence-corrected chi connectivity index (χ4v) is 2.31. The predicted molar refractivity (Wildman–Crippen MR) is 73.2 cm³/mol. The molecule has 7 heteroatoms. The second kappa shape index (κ2) is 5.93. The van der Waals surface area contributed by atoms with Crippen LogP contribution in [0.15, 0.2) is 27.4 Å². The summed E-state index contributed by atoms with van der Waals surface area (Å²) < 4.78 is 43.6. The van der Waals surface area contributed by atoms with Crippen LogP contribution in [0.1, 0.15) is 31.4 Å². The van der Waals surface area contributed by atoms with Crippen LogP contribution in [0.5, 0.6) is 0 Å². The first-order valence-corrected chi connectivity index (χ1v) is 6.71. The van der Waals surface area contributed by atoms with Crippen molar-refractivity contribution >= 4 is 11.1 Å². The van der Waals surface area contributed by atoms with Gasteiger partial charge in [-0.3, -0.25) is 4.57 Å². The number of nitrogens with zero attached hydrogens (tertiary/aromatic N) is 1. The molecule has 21 heavy (non-hydrogen) atoms. The smallest absolute Gasteiger partial charge is 0.408 e. The molecule has 0 saturated carbocycles. The maximum Gasteiger partial charge on any atom is 0.419 e. The first-order chi connectivity index (χ1) is 9.81. The van der Waals surface area contributed by atoms with Crippen molar-refractivity contribution in [2.24, 2.45) is 7.05 Å². The number of alkyl halides is 3. The third-order valence-corrected chi connectivity index (χ3v) is 3.39. The summed E-state index contributed by atoms with van der Waals surface area (Å²) in [5.41, 5.74) is 1.69. The van der Waals surface area contributed by atoms with Crippen LogP contribution >= 0.6 is 0 Å². The third kappa shape index (κ3) is 3.66. The topological polar surface area (TPSA) is 47.2 Å². The molecule has 0 bridgehead atoms. The Morgan fingerprint density at radius 2 is 2.10 bits per heavy atom. The summed E-state index contributed by atoms with van der Waals surface area (Å²) in [4.78, 5) is 11.4. The molecular weight excluding hydrogens is 285 g/mol. The number of aromatic nitrogens is 1. The molecule has 1 heterocycles. The summed E-state index contributed by atoms with van der Waals surface area (Å²) in [5, 5.41) is 3.03. The summed E-state index contributed by atoms with van der Waals surface area (Å²) in [5.74, 6) is -0.488. The number of nitrogens with one attached hydrogen (secondary N) is 1. The monoisotopic (exact) mass is 302 g/mol. The van der Waals surface area contributed by atoms with E-state index in [2.05, 4.69) is 5.32 Å². The molecule has 116 valence electrons. The highest BCUT2D eigenvalue weighted by atomic mass is 19.4. The molecule has 1 aromatic heterocycles.